The van der Waals surface area contributed by atoms with Crippen molar-refractivity contribution in [3.63, 3.8) is 0 Å². The largest absolute Gasteiger partial charge is 0.496 e. The van der Waals surface area contributed by atoms with Gasteiger partial charge in [0.05, 0.1) is 26.6 Å². The molecule has 1 aliphatic rings. The van der Waals surface area contributed by atoms with E-state index in [0.717, 1.165) is 0 Å². The molecule has 114 valence electrons. The molecule has 0 heterocycles. The van der Waals surface area contributed by atoms with Crippen LogP contribution in [0.4, 0.5) is 0 Å². The van der Waals surface area contributed by atoms with Gasteiger partial charge in [0.2, 0.25) is 5.91 Å². The van der Waals surface area contributed by atoms with Crippen molar-refractivity contribution in [3.05, 3.63) is 23.8 Å². The van der Waals surface area contributed by atoms with Gasteiger partial charge in [-0.2, -0.15) is 0 Å². The van der Waals surface area contributed by atoms with Crippen LogP contribution in [0, 0.1) is 5.92 Å². The predicted molar refractivity (Wildman–Crippen MR) is 75.5 cm³/mol. The number of carbonyl (C=O) groups is 2. The number of amides is 1. The van der Waals surface area contributed by atoms with E-state index in [1.807, 2.05) is 0 Å². The fraction of sp³-hybridized carbons (Fsp3) is 0.467. The lowest BCUT2D eigenvalue weighted by molar-refractivity contribution is -0.146. The van der Waals surface area contributed by atoms with Crippen LogP contribution in [-0.4, -0.2) is 37.2 Å². The van der Waals surface area contributed by atoms with Crippen LogP contribution in [-0.2, 0) is 16.0 Å². The standard InChI is InChI=1S/C15H19NO5/c1-20-12-4-3-5-13(21-2)11(12)8-14(17)16-10-6-9(7-10)15(18)19/h3-5,9-10H,6-8H2,1-2H3,(H,16,17)(H,18,19). The molecule has 2 N–H and O–H groups in total. The highest BCUT2D eigenvalue weighted by molar-refractivity contribution is 5.81. The van der Waals surface area contributed by atoms with Crippen LogP contribution in [0.5, 0.6) is 11.5 Å². The van der Waals surface area contributed by atoms with Crippen LogP contribution in [0.25, 0.3) is 0 Å². The summed E-state index contributed by atoms with van der Waals surface area (Å²) >= 11 is 0. The molecule has 0 unspecified atom stereocenters. The van der Waals surface area contributed by atoms with E-state index in [1.165, 1.54) is 0 Å². The number of aliphatic carboxylic acids is 1. The van der Waals surface area contributed by atoms with Gasteiger partial charge in [-0.15, -0.1) is 0 Å². The molecule has 1 saturated carbocycles. The number of carboxylic acid groups (broad SMARTS) is 1. The van der Waals surface area contributed by atoms with E-state index in [-0.39, 0.29) is 24.3 Å². The number of nitrogens with one attached hydrogen (secondary N) is 1. The second kappa shape index (κ2) is 6.47. The molecule has 2 rings (SSSR count). The van der Waals surface area contributed by atoms with E-state index < -0.39 is 5.97 Å². The van der Waals surface area contributed by atoms with E-state index in [4.69, 9.17) is 14.6 Å². The molecule has 0 aromatic heterocycles. The van der Waals surface area contributed by atoms with Crippen molar-refractivity contribution in [3.8, 4) is 11.5 Å². The van der Waals surface area contributed by atoms with Crippen LogP contribution in [0.1, 0.15) is 18.4 Å². The number of ether oxygens (including phenoxy) is 2. The maximum absolute atomic E-state index is 12.1. The number of carbonyl (C=O) groups excluding carboxylic acids is 1. The summed E-state index contributed by atoms with van der Waals surface area (Å²) in [6.07, 6.45) is 1.12. The minimum absolute atomic E-state index is 0.0562. The van der Waals surface area contributed by atoms with Crippen molar-refractivity contribution in [1.29, 1.82) is 0 Å². The Bertz CT molecular complexity index is 515. The summed E-state index contributed by atoms with van der Waals surface area (Å²) in [6, 6.07) is 5.28. The third kappa shape index (κ3) is 3.45. The summed E-state index contributed by atoms with van der Waals surface area (Å²) < 4.78 is 10.5. The molecule has 6 nitrogen and oxygen atoms in total. The molecule has 1 aromatic carbocycles. The fourth-order valence-corrected chi connectivity index (χ4v) is 2.48. The summed E-state index contributed by atoms with van der Waals surface area (Å²) in [5.41, 5.74) is 0.689. The van der Waals surface area contributed by atoms with Gasteiger partial charge in [-0.05, 0) is 25.0 Å². The van der Waals surface area contributed by atoms with Crippen molar-refractivity contribution < 1.29 is 24.2 Å². The molecule has 1 aliphatic carbocycles. The number of carboxylic acids is 1. The molecule has 0 saturated heterocycles. The van der Waals surface area contributed by atoms with Crippen molar-refractivity contribution >= 4 is 11.9 Å². The first-order chi connectivity index (χ1) is 10.0. The van der Waals surface area contributed by atoms with Crippen LogP contribution in [0.3, 0.4) is 0 Å². The van der Waals surface area contributed by atoms with Gasteiger partial charge in [0, 0.05) is 11.6 Å². The summed E-state index contributed by atoms with van der Waals surface area (Å²) in [4.78, 5) is 22.8. The zero-order valence-electron chi connectivity index (χ0n) is 12.1. The Morgan fingerprint density at radius 2 is 1.81 bits per heavy atom. The van der Waals surface area contributed by atoms with Gasteiger partial charge >= 0.3 is 5.97 Å². The Balaban J connectivity index is 1.96. The first-order valence-electron chi connectivity index (χ1n) is 6.77. The Hall–Kier alpha value is -2.24. The number of hydrogen-bond donors (Lipinski definition) is 2. The molecule has 0 atom stereocenters. The molecule has 1 amide bonds. The fourth-order valence-electron chi connectivity index (χ4n) is 2.48. The molecule has 0 spiro atoms. The molecule has 6 heteroatoms. The molecule has 0 bridgehead atoms. The molecule has 0 aliphatic heterocycles. The SMILES string of the molecule is COc1cccc(OC)c1CC(=O)NC1CC(C(=O)O)C1. The summed E-state index contributed by atoms with van der Waals surface area (Å²) in [5.74, 6) is -0.0994. The summed E-state index contributed by atoms with van der Waals surface area (Å²) in [7, 11) is 3.08. The monoisotopic (exact) mass is 293 g/mol. The molecule has 21 heavy (non-hydrogen) atoms. The van der Waals surface area contributed by atoms with Gasteiger partial charge in [0.15, 0.2) is 0 Å². The quantitative estimate of drug-likeness (QED) is 0.824. The first-order valence-corrected chi connectivity index (χ1v) is 6.77. The lowest BCUT2D eigenvalue weighted by atomic mass is 9.80. The highest BCUT2D eigenvalue weighted by Crippen LogP contribution is 2.30. The van der Waals surface area contributed by atoms with Gasteiger partial charge in [0.1, 0.15) is 11.5 Å². The van der Waals surface area contributed by atoms with Crippen LogP contribution < -0.4 is 14.8 Å². The molecule has 1 fully saturated rings. The molecular weight excluding hydrogens is 274 g/mol. The maximum atomic E-state index is 12.1. The number of rotatable bonds is 6. The molecule has 0 radical (unpaired) electrons. The average Bonchev–Trinajstić information content (AvgIpc) is 2.42. The van der Waals surface area contributed by atoms with Gasteiger partial charge in [-0.25, -0.2) is 0 Å². The second-order valence-corrected chi connectivity index (χ2v) is 5.09. The average molecular weight is 293 g/mol. The second-order valence-electron chi connectivity index (χ2n) is 5.09. The topological polar surface area (TPSA) is 84.9 Å². The predicted octanol–water partition coefficient (Wildman–Crippen LogP) is 1.23. The normalized spacial score (nSPS) is 20.3. The van der Waals surface area contributed by atoms with E-state index in [2.05, 4.69) is 5.32 Å². The van der Waals surface area contributed by atoms with E-state index in [1.54, 1.807) is 32.4 Å². The van der Waals surface area contributed by atoms with Gasteiger partial charge < -0.3 is 19.9 Å². The van der Waals surface area contributed by atoms with Crippen molar-refractivity contribution in [2.24, 2.45) is 5.92 Å². The zero-order valence-corrected chi connectivity index (χ0v) is 12.1. The highest BCUT2D eigenvalue weighted by Gasteiger charge is 2.35. The third-order valence-corrected chi connectivity index (χ3v) is 3.72. The number of benzene rings is 1. The van der Waals surface area contributed by atoms with Crippen molar-refractivity contribution in [2.75, 3.05) is 14.2 Å². The van der Waals surface area contributed by atoms with Gasteiger partial charge in [0.25, 0.3) is 0 Å². The number of methoxy groups -OCH3 is 2. The maximum Gasteiger partial charge on any atom is 0.306 e. The van der Waals surface area contributed by atoms with Crippen LogP contribution in [0.2, 0.25) is 0 Å². The molecular formula is C15H19NO5. The first kappa shape index (κ1) is 15.2. The highest BCUT2D eigenvalue weighted by atomic mass is 16.5. The zero-order chi connectivity index (χ0) is 15.4. The Kier molecular flexibility index (Phi) is 4.67. The van der Waals surface area contributed by atoms with E-state index in [9.17, 15) is 9.59 Å². The van der Waals surface area contributed by atoms with Gasteiger partial charge in [-0.1, -0.05) is 6.07 Å². The van der Waals surface area contributed by atoms with Crippen molar-refractivity contribution in [2.45, 2.75) is 25.3 Å². The lowest BCUT2D eigenvalue weighted by Crippen LogP contribution is -2.47. The third-order valence-electron chi connectivity index (χ3n) is 3.72. The lowest BCUT2D eigenvalue weighted by Gasteiger charge is -2.32. The van der Waals surface area contributed by atoms with Gasteiger partial charge in [-0.3, -0.25) is 9.59 Å². The van der Waals surface area contributed by atoms with Crippen molar-refractivity contribution in [1.82, 2.24) is 5.32 Å². The Morgan fingerprint density at radius 3 is 2.29 bits per heavy atom. The Morgan fingerprint density at radius 1 is 1.24 bits per heavy atom. The van der Waals surface area contributed by atoms with Crippen LogP contribution in [0.15, 0.2) is 18.2 Å². The summed E-state index contributed by atoms with van der Waals surface area (Å²) in [5, 5.41) is 11.7. The van der Waals surface area contributed by atoms with E-state index in [0.29, 0.717) is 29.9 Å². The number of hydrogen-bond acceptors (Lipinski definition) is 4. The minimum atomic E-state index is -0.799. The Labute approximate surface area is 123 Å². The smallest absolute Gasteiger partial charge is 0.306 e. The molecule has 1 aromatic rings. The summed E-state index contributed by atoms with van der Waals surface area (Å²) in [6.45, 7) is 0. The van der Waals surface area contributed by atoms with Crippen LogP contribution >= 0.6 is 0 Å². The minimum Gasteiger partial charge on any atom is -0.496 e. The van der Waals surface area contributed by atoms with E-state index >= 15 is 0 Å².